The van der Waals surface area contributed by atoms with Crippen LogP contribution in [0.5, 0.6) is 0 Å². The predicted molar refractivity (Wildman–Crippen MR) is 191 cm³/mol. The quantitative estimate of drug-likeness (QED) is 0.0873. The average molecular weight is 728 g/mol. The lowest BCUT2D eigenvalue weighted by Crippen LogP contribution is -2.26. The number of nitrogens with one attached hydrogen (secondary N) is 1. The van der Waals surface area contributed by atoms with Gasteiger partial charge < -0.3 is 5.32 Å². The van der Waals surface area contributed by atoms with Gasteiger partial charge in [0.15, 0.2) is 27.1 Å². The van der Waals surface area contributed by atoms with Crippen LogP contribution in [0.4, 0.5) is 17.1 Å². The number of nitro benzene ring substituents is 2. The fourth-order valence-electron chi connectivity index (χ4n) is 6.10. The molecule has 0 amide bonds. The minimum absolute atomic E-state index is 0.0109. The Balaban J connectivity index is 0.000000238. The Morgan fingerprint density at radius 3 is 2.18 bits per heavy atom. The van der Waals surface area contributed by atoms with Gasteiger partial charge in [-0.15, -0.1) is 0 Å². The number of hydrogen-bond donors (Lipinski definition) is 1. The van der Waals surface area contributed by atoms with E-state index < -0.39 is 25.5 Å². The van der Waals surface area contributed by atoms with Crippen LogP contribution in [-0.2, 0) is 14.6 Å². The maximum Gasteiger partial charge on any atom is 0.302 e. The highest BCUT2D eigenvalue weighted by molar-refractivity contribution is 8.03. The van der Waals surface area contributed by atoms with E-state index in [1.54, 1.807) is 13.8 Å². The number of sulfone groups is 1. The number of Topliss-reactive ketones (excluding diaryl/α,β-unsaturated/α-hetero) is 2. The molecule has 14 heteroatoms. The highest BCUT2D eigenvalue weighted by Crippen LogP contribution is 2.50. The minimum atomic E-state index is -3.44. The summed E-state index contributed by atoms with van der Waals surface area (Å²) >= 11 is 7.74. The number of carbonyl (C=O) groups is 2. The first-order valence-corrected chi connectivity index (χ1v) is 18.9. The molecule has 11 nitrogen and oxygen atoms in total. The van der Waals surface area contributed by atoms with Gasteiger partial charge in [0.1, 0.15) is 0 Å². The number of ketones is 2. The Kier molecular flexibility index (Phi) is 12.1. The van der Waals surface area contributed by atoms with Crippen molar-refractivity contribution in [3.05, 3.63) is 107 Å². The number of rotatable bonds is 11. The van der Waals surface area contributed by atoms with E-state index in [0.717, 1.165) is 48.2 Å². The lowest BCUT2D eigenvalue weighted by molar-refractivity contribution is -0.392. The SMILES string of the molecule is CCC(CC)Nc1c([N+](=O)[O-])cc(C)c(C)c1[N+](=O)[O-].CS(=O)(=O)c1ccc(C(=O)C2=C(Sc3ccccc3)C3CCC(C3)C2=O)c(Cl)c1. The molecule has 5 rings (SSSR count). The Hall–Kier alpha value is -4.07. The normalized spacial score (nSPS) is 17.1. The molecule has 2 aliphatic rings. The van der Waals surface area contributed by atoms with Gasteiger partial charge in [0, 0.05) is 45.2 Å². The number of halogens is 1. The lowest BCUT2D eigenvalue weighted by atomic mass is 9.84. The molecule has 3 aromatic carbocycles. The number of nitrogens with zero attached hydrogens (tertiary/aromatic N) is 2. The third kappa shape index (κ3) is 8.39. The Bertz CT molecular complexity index is 1940. The first kappa shape index (κ1) is 37.7. The molecule has 3 aromatic rings. The zero-order chi connectivity index (χ0) is 36.2. The van der Waals surface area contributed by atoms with Crippen molar-refractivity contribution in [3.8, 4) is 0 Å². The number of allylic oxidation sites excluding steroid dienone is 2. The molecular formula is C35H38ClN3O8S2. The molecule has 2 aliphatic carbocycles. The van der Waals surface area contributed by atoms with Gasteiger partial charge in [-0.2, -0.15) is 0 Å². The molecule has 1 N–H and O–H groups in total. The summed E-state index contributed by atoms with van der Waals surface area (Å²) in [5.74, 6) is -0.468. The fourth-order valence-corrected chi connectivity index (χ4v) is 8.30. The third-order valence-electron chi connectivity index (χ3n) is 8.98. The Labute approximate surface area is 294 Å². The van der Waals surface area contributed by atoms with Gasteiger partial charge in [0.05, 0.1) is 25.3 Å². The summed E-state index contributed by atoms with van der Waals surface area (Å²) in [6.07, 6.45) is 5.02. The monoisotopic (exact) mass is 727 g/mol. The van der Waals surface area contributed by atoms with Crippen molar-refractivity contribution in [2.75, 3.05) is 11.6 Å². The molecule has 2 atom stereocenters. The number of anilines is 1. The summed E-state index contributed by atoms with van der Waals surface area (Å²) in [5.41, 5.74) is 0.932. The third-order valence-corrected chi connectivity index (χ3v) is 11.7. The van der Waals surface area contributed by atoms with Crippen LogP contribution in [0.15, 0.2) is 74.9 Å². The molecule has 0 aromatic heterocycles. The van der Waals surface area contributed by atoms with E-state index in [4.69, 9.17) is 11.6 Å². The molecule has 49 heavy (non-hydrogen) atoms. The number of hydrogen-bond acceptors (Lipinski definition) is 10. The van der Waals surface area contributed by atoms with Gasteiger partial charge in [0.2, 0.25) is 0 Å². The number of thioether (sulfide) groups is 1. The van der Waals surface area contributed by atoms with Crippen molar-refractivity contribution in [1.82, 2.24) is 0 Å². The van der Waals surface area contributed by atoms with Crippen LogP contribution in [0.25, 0.3) is 0 Å². The molecule has 2 bridgehead atoms. The van der Waals surface area contributed by atoms with Gasteiger partial charge in [0.25, 0.3) is 5.69 Å². The Morgan fingerprint density at radius 1 is 1.00 bits per heavy atom. The van der Waals surface area contributed by atoms with Crippen LogP contribution in [0.1, 0.15) is 67.4 Å². The molecule has 2 unspecified atom stereocenters. The summed E-state index contributed by atoms with van der Waals surface area (Å²) in [4.78, 5) is 49.6. The topological polar surface area (TPSA) is 167 Å². The van der Waals surface area contributed by atoms with E-state index in [1.165, 1.54) is 36.0 Å². The van der Waals surface area contributed by atoms with E-state index in [2.05, 4.69) is 5.32 Å². The maximum atomic E-state index is 13.4. The number of benzene rings is 3. The fraction of sp³-hybridized carbons (Fsp3) is 0.371. The molecule has 260 valence electrons. The summed E-state index contributed by atoms with van der Waals surface area (Å²) in [6, 6.07) is 15.1. The van der Waals surface area contributed by atoms with E-state index in [-0.39, 0.29) is 61.8 Å². The molecule has 1 saturated carbocycles. The molecule has 0 saturated heterocycles. The van der Waals surface area contributed by atoms with Crippen LogP contribution in [0.2, 0.25) is 5.02 Å². The van der Waals surface area contributed by atoms with E-state index in [0.29, 0.717) is 11.1 Å². The second kappa shape index (κ2) is 15.6. The van der Waals surface area contributed by atoms with Crippen LogP contribution < -0.4 is 5.32 Å². The molecule has 0 spiro atoms. The second-order valence-corrected chi connectivity index (χ2v) is 15.7. The smallest absolute Gasteiger partial charge is 0.302 e. The lowest BCUT2D eigenvalue weighted by Gasteiger charge is -2.24. The number of fused-ring (bicyclic) bond motifs is 2. The molecule has 0 radical (unpaired) electrons. The molecular weight excluding hydrogens is 690 g/mol. The minimum Gasteiger partial charge on any atom is -0.371 e. The summed E-state index contributed by atoms with van der Waals surface area (Å²) in [5, 5.41) is 25.4. The van der Waals surface area contributed by atoms with Gasteiger partial charge >= 0.3 is 5.69 Å². The van der Waals surface area contributed by atoms with Crippen molar-refractivity contribution in [3.63, 3.8) is 0 Å². The van der Waals surface area contributed by atoms with Gasteiger partial charge in [-0.3, -0.25) is 29.8 Å². The standard InChI is InChI=1S/C22H19ClO4S2.C13H19N3O4/c1-29(26,27)16-9-10-17(18(23)12-16)21(25)19-20(24)13-7-8-14(11-13)22(19)28-15-5-3-2-4-6-15;1-5-10(6-2)14-12-11(15(17)18)7-8(3)9(4)13(12)16(19)20/h2-6,9-10,12-14H,7-8,11H2,1H3;7,10,14H,5-6H2,1-4H3. The largest absolute Gasteiger partial charge is 0.371 e. The first-order valence-electron chi connectivity index (χ1n) is 15.8. The van der Waals surface area contributed by atoms with Crippen LogP contribution in [0, 0.1) is 45.9 Å². The van der Waals surface area contributed by atoms with Crippen LogP contribution >= 0.6 is 23.4 Å². The zero-order valence-corrected chi connectivity index (χ0v) is 30.2. The van der Waals surface area contributed by atoms with E-state index in [1.807, 2.05) is 44.2 Å². The van der Waals surface area contributed by atoms with Crippen LogP contribution in [-0.4, -0.2) is 42.1 Å². The molecule has 0 aliphatic heterocycles. The van der Waals surface area contributed by atoms with E-state index in [9.17, 15) is 38.2 Å². The number of aryl methyl sites for hydroxylation is 1. The van der Waals surface area contributed by atoms with Crippen molar-refractivity contribution < 1.29 is 27.9 Å². The molecule has 1 fully saturated rings. The summed E-state index contributed by atoms with van der Waals surface area (Å²) in [7, 11) is -3.44. The van der Waals surface area contributed by atoms with Crippen molar-refractivity contribution in [2.45, 2.75) is 75.6 Å². The van der Waals surface area contributed by atoms with Crippen molar-refractivity contribution >= 4 is 61.8 Å². The van der Waals surface area contributed by atoms with Gasteiger partial charge in [-0.05, 0) is 87.8 Å². The second-order valence-electron chi connectivity index (χ2n) is 12.2. The van der Waals surface area contributed by atoms with Crippen molar-refractivity contribution in [2.24, 2.45) is 11.8 Å². The summed E-state index contributed by atoms with van der Waals surface area (Å²) < 4.78 is 23.5. The summed E-state index contributed by atoms with van der Waals surface area (Å²) in [6.45, 7) is 7.10. The number of carbonyl (C=O) groups excluding carboxylic acids is 2. The Morgan fingerprint density at radius 2 is 1.63 bits per heavy atom. The predicted octanol–water partition coefficient (Wildman–Crippen LogP) is 8.69. The van der Waals surface area contributed by atoms with E-state index >= 15 is 0 Å². The average Bonchev–Trinajstić information content (AvgIpc) is 3.50. The van der Waals surface area contributed by atoms with Gasteiger partial charge in [-0.25, -0.2) is 8.42 Å². The maximum absolute atomic E-state index is 13.4. The highest BCUT2D eigenvalue weighted by Gasteiger charge is 2.43. The zero-order valence-electron chi connectivity index (χ0n) is 27.8. The first-order chi connectivity index (χ1) is 23.1. The number of nitro groups is 2. The van der Waals surface area contributed by atoms with Gasteiger partial charge in [-0.1, -0.05) is 55.4 Å². The molecule has 0 heterocycles. The highest BCUT2D eigenvalue weighted by atomic mass is 35.5. The van der Waals surface area contributed by atoms with Crippen molar-refractivity contribution in [1.29, 1.82) is 0 Å². The van der Waals surface area contributed by atoms with Crippen LogP contribution in [0.3, 0.4) is 0 Å².